The maximum atomic E-state index is 6.83. The number of furan rings is 1. The summed E-state index contributed by atoms with van der Waals surface area (Å²) in [5, 5.41) is 17.4. The standard InChI is InChI=1S/C64H36OS2/c1-3-18-40-38(16-1)58(39-17-2-4-19-41(39)60(40)49-27-14-32-56-63(49)46-24-9-11-30-54(46)66-56)37-34-35-52-51(36-37)62-48(26-13-29-53(62)65-52)59-42-20-5-7-22-44(42)61(45-23-8-6-21-43(45)59)50-28-15-33-57-64(50)47-25-10-12-31-55(47)67-57/h1-36H. The van der Waals surface area contributed by atoms with Crippen LogP contribution in [0, 0.1) is 0 Å². The first-order chi connectivity index (χ1) is 33.3. The number of benzene rings is 12. The molecule has 0 bridgehead atoms. The van der Waals surface area contributed by atoms with E-state index in [0.717, 1.165) is 21.9 Å². The van der Waals surface area contributed by atoms with Gasteiger partial charge in [0.2, 0.25) is 0 Å². The van der Waals surface area contributed by atoms with E-state index in [2.05, 4.69) is 218 Å². The number of rotatable bonds is 4. The molecule has 0 spiro atoms. The Labute approximate surface area is 393 Å². The molecule has 1 nitrogen and oxygen atoms in total. The number of hydrogen-bond donors (Lipinski definition) is 0. The Hall–Kier alpha value is -8.08. The minimum absolute atomic E-state index is 0.883. The van der Waals surface area contributed by atoms with Gasteiger partial charge in [-0.25, -0.2) is 0 Å². The first-order valence-electron chi connectivity index (χ1n) is 22.9. The molecule has 0 saturated heterocycles. The van der Waals surface area contributed by atoms with E-state index >= 15 is 0 Å². The van der Waals surface area contributed by atoms with Crippen molar-refractivity contribution in [2.75, 3.05) is 0 Å². The minimum atomic E-state index is 0.883. The van der Waals surface area contributed by atoms with Crippen molar-refractivity contribution in [2.45, 2.75) is 0 Å². The second-order valence-corrected chi connectivity index (χ2v) is 19.9. The molecule has 0 atom stereocenters. The third kappa shape index (κ3) is 5.30. The van der Waals surface area contributed by atoms with Gasteiger partial charge in [-0.2, -0.15) is 0 Å². The van der Waals surface area contributed by atoms with Crippen LogP contribution in [0.2, 0.25) is 0 Å². The van der Waals surface area contributed by atoms with Crippen molar-refractivity contribution in [3.63, 3.8) is 0 Å². The van der Waals surface area contributed by atoms with E-state index in [-0.39, 0.29) is 0 Å². The van der Waals surface area contributed by atoms with Gasteiger partial charge < -0.3 is 4.42 Å². The number of fused-ring (bicyclic) bond motifs is 13. The Morgan fingerprint density at radius 3 is 1.04 bits per heavy atom. The van der Waals surface area contributed by atoms with Crippen molar-refractivity contribution in [3.8, 4) is 44.5 Å². The van der Waals surface area contributed by atoms with Crippen molar-refractivity contribution in [3.05, 3.63) is 218 Å². The first kappa shape index (κ1) is 37.2. The fourth-order valence-corrected chi connectivity index (χ4v) is 13.9. The molecule has 0 aliphatic heterocycles. The van der Waals surface area contributed by atoms with Gasteiger partial charge in [-0.1, -0.05) is 176 Å². The normalized spacial score (nSPS) is 12.2. The van der Waals surface area contributed by atoms with Crippen LogP contribution in [0.5, 0.6) is 0 Å². The molecule has 15 rings (SSSR count). The zero-order valence-electron chi connectivity index (χ0n) is 36.0. The van der Waals surface area contributed by atoms with Gasteiger partial charge in [0.1, 0.15) is 11.2 Å². The van der Waals surface area contributed by atoms with Crippen molar-refractivity contribution in [1.29, 1.82) is 0 Å². The maximum absolute atomic E-state index is 6.83. The van der Waals surface area contributed by atoms with Gasteiger partial charge in [0.15, 0.2) is 0 Å². The second-order valence-electron chi connectivity index (χ2n) is 17.7. The molecule has 3 heteroatoms. The summed E-state index contributed by atoms with van der Waals surface area (Å²) in [6, 6.07) is 80.9. The van der Waals surface area contributed by atoms with Gasteiger partial charge in [-0.3, -0.25) is 0 Å². The molecule has 310 valence electrons. The van der Waals surface area contributed by atoms with Crippen LogP contribution in [0.3, 0.4) is 0 Å². The molecule has 0 unspecified atom stereocenters. The van der Waals surface area contributed by atoms with Crippen LogP contribution >= 0.6 is 22.7 Å². The predicted molar refractivity (Wildman–Crippen MR) is 291 cm³/mol. The van der Waals surface area contributed by atoms with Crippen LogP contribution in [0.25, 0.3) is 150 Å². The average Bonchev–Trinajstić information content (AvgIpc) is 4.09. The van der Waals surface area contributed by atoms with E-state index < -0.39 is 0 Å². The molecule has 0 aliphatic carbocycles. The molecule has 0 aliphatic rings. The third-order valence-corrected chi connectivity index (χ3v) is 16.5. The van der Waals surface area contributed by atoms with Crippen molar-refractivity contribution in [1.82, 2.24) is 0 Å². The van der Waals surface area contributed by atoms with E-state index in [1.165, 1.54) is 128 Å². The molecule has 0 saturated carbocycles. The molecule has 67 heavy (non-hydrogen) atoms. The molecule has 0 N–H and O–H groups in total. The lowest BCUT2D eigenvalue weighted by atomic mass is 9.83. The van der Waals surface area contributed by atoms with Gasteiger partial charge in [0.25, 0.3) is 0 Å². The summed E-state index contributed by atoms with van der Waals surface area (Å²) in [4.78, 5) is 0. The lowest BCUT2D eigenvalue weighted by molar-refractivity contribution is 0.669. The Morgan fingerprint density at radius 2 is 0.597 bits per heavy atom. The number of hydrogen-bond acceptors (Lipinski definition) is 3. The van der Waals surface area contributed by atoms with Crippen molar-refractivity contribution < 1.29 is 4.42 Å². The van der Waals surface area contributed by atoms with Crippen LogP contribution in [-0.2, 0) is 0 Å². The first-order valence-corrected chi connectivity index (χ1v) is 24.5. The number of thiophene rings is 2. The Morgan fingerprint density at radius 1 is 0.239 bits per heavy atom. The van der Waals surface area contributed by atoms with Crippen LogP contribution in [0.15, 0.2) is 223 Å². The van der Waals surface area contributed by atoms with Gasteiger partial charge in [-0.05, 0) is 130 Å². The lowest BCUT2D eigenvalue weighted by Crippen LogP contribution is -1.92. The van der Waals surface area contributed by atoms with E-state index in [1.807, 2.05) is 22.7 Å². The third-order valence-electron chi connectivity index (χ3n) is 14.3. The fraction of sp³-hybridized carbons (Fsp3) is 0. The van der Waals surface area contributed by atoms with Crippen LogP contribution in [0.4, 0.5) is 0 Å². The minimum Gasteiger partial charge on any atom is -0.456 e. The molecule has 3 aromatic heterocycles. The highest BCUT2D eigenvalue weighted by Crippen LogP contribution is 2.52. The summed E-state index contributed by atoms with van der Waals surface area (Å²) in [7, 11) is 0. The largest absolute Gasteiger partial charge is 0.456 e. The quantitative estimate of drug-likeness (QED) is 0.161. The van der Waals surface area contributed by atoms with Gasteiger partial charge in [0.05, 0.1) is 0 Å². The summed E-state index contributed by atoms with van der Waals surface area (Å²) < 4.78 is 12.1. The smallest absolute Gasteiger partial charge is 0.136 e. The molecule has 12 aromatic carbocycles. The lowest BCUT2D eigenvalue weighted by Gasteiger charge is -2.19. The Bertz CT molecular complexity index is 4470. The molecular formula is C64H36OS2. The highest BCUT2D eigenvalue weighted by molar-refractivity contribution is 7.26. The van der Waals surface area contributed by atoms with Gasteiger partial charge in [0, 0.05) is 51.1 Å². The zero-order chi connectivity index (χ0) is 43.7. The fourth-order valence-electron chi connectivity index (χ4n) is 11.6. The van der Waals surface area contributed by atoms with Crippen molar-refractivity contribution >= 4 is 128 Å². The second kappa shape index (κ2) is 14.2. The summed E-state index contributed by atoms with van der Waals surface area (Å²) >= 11 is 3.75. The van der Waals surface area contributed by atoms with E-state index in [9.17, 15) is 0 Å². The molecule has 0 fully saturated rings. The molecule has 15 aromatic rings. The van der Waals surface area contributed by atoms with Gasteiger partial charge in [-0.15, -0.1) is 22.7 Å². The summed E-state index contributed by atoms with van der Waals surface area (Å²) in [5.41, 5.74) is 11.7. The van der Waals surface area contributed by atoms with Crippen LogP contribution in [0.1, 0.15) is 0 Å². The molecule has 3 heterocycles. The van der Waals surface area contributed by atoms with Crippen LogP contribution < -0.4 is 0 Å². The van der Waals surface area contributed by atoms with E-state index in [1.54, 1.807) is 0 Å². The van der Waals surface area contributed by atoms with Crippen LogP contribution in [-0.4, -0.2) is 0 Å². The Kier molecular flexibility index (Phi) is 7.88. The summed E-state index contributed by atoms with van der Waals surface area (Å²) in [5.74, 6) is 0. The zero-order valence-corrected chi connectivity index (χ0v) is 37.6. The van der Waals surface area contributed by atoms with E-state index in [0.29, 0.717) is 0 Å². The topological polar surface area (TPSA) is 13.1 Å². The highest BCUT2D eigenvalue weighted by atomic mass is 32.1. The SMILES string of the molecule is c1cc(-c2c3ccccc3c(-c3cccc4sc5ccccc5c34)c3ccccc23)c2c(c1)oc1ccc(-c3c4ccccc4c(-c4cccc5sc6ccccc6c45)c4ccccc34)cc12. The summed E-state index contributed by atoms with van der Waals surface area (Å²) in [6.07, 6.45) is 0. The average molecular weight is 885 g/mol. The Balaban J connectivity index is 1.00. The van der Waals surface area contributed by atoms with Crippen molar-refractivity contribution in [2.24, 2.45) is 0 Å². The maximum Gasteiger partial charge on any atom is 0.136 e. The van der Waals surface area contributed by atoms with Gasteiger partial charge >= 0.3 is 0 Å². The monoisotopic (exact) mass is 884 g/mol. The van der Waals surface area contributed by atoms with E-state index in [4.69, 9.17) is 4.42 Å². The predicted octanol–water partition coefficient (Wildman–Crippen LogP) is 19.6. The molecular weight excluding hydrogens is 849 g/mol. The highest BCUT2D eigenvalue weighted by Gasteiger charge is 2.24. The molecule has 0 amide bonds. The summed E-state index contributed by atoms with van der Waals surface area (Å²) in [6.45, 7) is 0. The molecule has 0 radical (unpaired) electrons.